The highest BCUT2D eigenvalue weighted by atomic mass is 35.5. The number of aromatic nitrogens is 1. The summed E-state index contributed by atoms with van der Waals surface area (Å²) in [4.78, 5) is 31.2. The van der Waals surface area contributed by atoms with Crippen molar-refractivity contribution in [2.24, 2.45) is 5.10 Å². The van der Waals surface area contributed by atoms with Crippen molar-refractivity contribution in [3.63, 3.8) is 0 Å². The Hall–Kier alpha value is -4.39. The van der Waals surface area contributed by atoms with Crippen LogP contribution in [0.5, 0.6) is 11.5 Å². The highest BCUT2D eigenvalue weighted by Gasteiger charge is 2.28. The molecule has 0 saturated carbocycles. The van der Waals surface area contributed by atoms with Crippen molar-refractivity contribution in [3.05, 3.63) is 88.2 Å². The minimum atomic E-state index is -0.612. The number of ether oxygens (including phenoxy) is 1. The van der Waals surface area contributed by atoms with Gasteiger partial charge in [0.2, 0.25) is 0 Å². The van der Waals surface area contributed by atoms with Gasteiger partial charge in [-0.05, 0) is 54.4 Å². The van der Waals surface area contributed by atoms with Gasteiger partial charge in [0.1, 0.15) is 17.6 Å². The Morgan fingerprint density at radius 2 is 1.89 bits per heavy atom. The van der Waals surface area contributed by atoms with Crippen LogP contribution < -0.4 is 20.0 Å². The second-order valence-corrected chi connectivity index (χ2v) is 8.65. The van der Waals surface area contributed by atoms with Crippen LogP contribution in [0.25, 0.3) is 0 Å². The molecule has 0 radical (unpaired) electrons. The number of nitriles is 1. The van der Waals surface area contributed by atoms with Gasteiger partial charge in [-0.2, -0.15) is 15.4 Å². The Balaban J connectivity index is 1.40. The molecule has 178 valence electrons. The van der Waals surface area contributed by atoms with E-state index in [0.29, 0.717) is 30.1 Å². The van der Waals surface area contributed by atoms with Gasteiger partial charge in [0.25, 0.3) is 5.91 Å². The van der Waals surface area contributed by atoms with Gasteiger partial charge in [0, 0.05) is 18.3 Å². The van der Waals surface area contributed by atoms with E-state index in [0.717, 1.165) is 10.6 Å². The highest BCUT2D eigenvalue weighted by molar-refractivity contribution is 6.37. The number of halogens is 2. The smallest absolute Gasteiger partial charge is 0.347 e. The zero-order chi connectivity index (χ0) is 25.4. The molecule has 1 aromatic heterocycles. The van der Waals surface area contributed by atoms with Gasteiger partial charge in [-0.1, -0.05) is 35.8 Å². The summed E-state index contributed by atoms with van der Waals surface area (Å²) in [5, 5.41) is 16.8. The van der Waals surface area contributed by atoms with Crippen LogP contribution in [-0.2, 0) is 6.42 Å². The van der Waals surface area contributed by atoms with Crippen LogP contribution in [0.15, 0.2) is 72.1 Å². The molecule has 36 heavy (non-hydrogen) atoms. The molecule has 9 nitrogen and oxygen atoms in total. The number of allylic oxidation sites excluding steroid dienone is 1. The van der Waals surface area contributed by atoms with Crippen LogP contribution in [0, 0.1) is 11.3 Å². The topological polar surface area (TPSA) is 111 Å². The fourth-order valence-electron chi connectivity index (χ4n) is 3.86. The standard InChI is InChI=1S/C25H16Cl2N6O3/c1-14-21(13-28)31-33(25(35)30-14)16-11-19(26)23(20(27)12-16)36-17-5-6-18-15(10-17)7-9-32(24(18)34)22-4-2-3-8-29-22/h2-6,8,10-12H,1,7,9H2,(H,30,35). The monoisotopic (exact) mass is 518 g/mol. The summed E-state index contributed by atoms with van der Waals surface area (Å²) in [5.74, 6) is 1.08. The van der Waals surface area contributed by atoms with Crippen molar-refractivity contribution in [3.8, 4) is 17.6 Å². The van der Waals surface area contributed by atoms with Gasteiger partial charge in [0.05, 0.1) is 21.4 Å². The minimum absolute atomic E-state index is 0.0487. The Labute approximate surface area is 215 Å². The van der Waals surface area contributed by atoms with Crippen LogP contribution in [0.4, 0.5) is 16.3 Å². The predicted octanol–water partition coefficient (Wildman–Crippen LogP) is 5.31. The third-order valence-corrected chi connectivity index (χ3v) is 6.13. The summed E-state index contributed by atoms with van der Waals surface area (Å²) in [7, 11) is 0. The molecule has 0 bridgehead atoms. The summed E-state index contributed by atoms with van der Waals surface area (Å²) in [6.07, 6.45) is 2.26. The molecule has 0 spiro atoms. The average molecular weight is 519 g/mol. The molecule has 0 fully saturated rings. The summed E-state index contributed by atoms with van der Waals surface area (Å²) in [5.41, 5.74) is 1.69. The summed E-state index contributed by atoms with van der Waals surface area (Å²) >= 11 is 12.9. The molecular formula is C25H16Cl2N6O3. The molecule has 2 aliphatic heterocycles. The summed E-state index contributed by atoms with van der Waals surface area (Å²) in [6, 6.07) is 14.7. The first-order chi connectivity index (χ1) is 17.4. The fraction of sp³-hybridized carbons (Fsp3) is 0.0800. The number of pyridine rings is 1. The molecule has 11 heteroatoms. The number of urea groups is 1. The second-order valence-electron chi connectivity index (χ2n) is 7.84. The maximum Gasteiger partial charge on any atom is 0.347 e. The Morgan fingerprint density at radius 1 is 1.11 bits per heavy atom. The Kier molecular flexibility index (Phi) is 6.06. The van der Waals surface area contributed by atoms with Crippen molar-refractivity contribution in [1.29, 1.82) is 5.26 Å². The van der Waals surface area contributed by atoms with Crippen LogP contribution in [0.1, 0.15) is 15.9 Å². The normalized spacial score (nSPS) is 15.1. The van der Waals surface area contributed by atoms with Crippen molar-refractivity contribution in [1.82, 2.24) is 10.3 Å². The maximum atomic E-state index is 13.0. The van der Waals surface area contributed by atoms with E-state index in [1.54, 1.807) is 41.4 Å². The zero-order valence-electron chi connectivity index (χ0n) is 18.5. The van der Waals surface area contributed by atoms with Crippen molar-refractivity contribution in [2.75, 3.05) is 16.5 Å². The fourth-order valence-corrected chi connectivity index (χ4v) is 4.41. The maximum absolute atomic E-state index is 13.0. The third kappa shape index (κ3) is 4.24. The van der Waals surface area contributed by atoms with E-state index in [1.165, 1.54) is 12.1 Å². The van der Waals surface area contributed by atoms with Gasteiger partial charge >= 0.3 is 6.03 Å². The molecule has 2 aliphatic rings. The van der Waals surface area contributed by atoms with Gasteiger partial charge in [-0.3, -0.25) is 9.69 Å². The van der Waals surface area contributed by atoms with Crippen LogP contribution in [-0.4, -0.2) is 29.2 Å². The quantitative estimate of drug-likeness (QED) is 0.503. The number of hydrogen-bond donors (Lipinski definition) is 1. The minimum Gasteiger partial charge on any atom is -0.454 e. The van der Waals surface area contributed by atoms with E-state index in [4.69, 9.17) is 27.9 Å². The summed E-state index contributed by atoms with van der Waals surface area (Å²) < 4.78 is 5.96. The molecule has 1 N–H and O–H groups in total. The van der Waals surface area contributed by atoms with Crippen LogP contribution >= 0.6 is 23.2 Å². The molecule has 5 rings (SSSR count). The first-order valence-electron chi connectivity index (χ1n) is 10.7. The first kappa shape index (κ1) is 23.4. The van der Waals surface area contributed by atoms with Gasteiger partial charge in [-0.15, -0.1) is 0 Å². The van der Waals surface area contributed by atoms with E-state index < -0.39 is 6.03 Å². The van der Waals surface area contributed by atoms with Gasteiger partial charge in [-0.25, -0.2) is 9.78 Å². The second kappa shape index (κ2) is 9.34. The number of hydrogen-bond acceptors (Lipinski definition) is 6. The lowest BCUT2D eigenvalue weighted by molar-refractivity contribution is 0.0980. The van der Waals surface area contributed by atoms with E-state index in [1.807, 2.05) is 12.1 Å². The average Bonchev–Trinajstić information content (AvgIpc) is 2.87. The van der Waals surface area contributed by atoms with Crippen molar-refractivity contribution in [2.45, 2.75) is 6.42 Å². The third-order valence-electron chi connectivity index (χ3n) is 5.57. The summed E-state index contributed by atoms with van der Waals surface area (Å²) in [6.45, 7) is 4.07. The lowest BCUT2D eigenvalue weighted by Gasteiger charge is -2.28. The lowest BCUT2D eigenvalue weighted by Crippen LogP contribution is -2.42. The predicted molar refractivity (Wildman–Crippen MR) is 136 cm³/mol. The Bertz CT molecular complexity index is 1480. The number of nitrogens with zero attached hydrogens (tertiary/aromatic N) is 5. The van der Waals surface area contributed by atoms with Crippen LogP contribution in [0.2, 0.25) is 10.0 Å². The SMILES string of the molecule is C=C1NC(=O)N(c2cc(Cl)c(Oc3ccc4c(c3)CCN(c3ccccn3)C4=O)c(Cl)c2)N=C1C#N. The zero-order valence-corrected chi connectivity index (χ0v) is 20.0. The number of benzene rings is 2. The lowest BCUT2D eigenvalue weighted by atomic mass is 9.98. The van der Waals surface area contributed by atoms with Crippen molar-refractivity contribution < 1.29 is 14.3 Å². The molecule has 0 saturated heterocycles. The number of hydrazone groups is 1. The van der Waals surface area contributed by atoms with E-state index in [9.17, 15) is 14.9 Å². The van der Waals surface area contributed by atoms with Gasteiger partial charge in [0.15, 0.2) is 11.5 Å². The number of rotatable bonds is 4. The molecule has 3 heterocycles. The number of nitrogens with one attached hydrogen (secondary N) is 1. The largest absolute Gasteiger partial charge is 0.454 e. The number of anilines is 2. The molecule has 2 aromatic carbocycles. The highest BCUT2D eigenvalue weighted by Crippen LogP contribution is 2.41. The molecule has 3 aromatic rings. The van der Waals surface area contributed by atoms with Gasteiger partial charge < -0.3 is 10.1 Å². The number of amides is 3. The number of fused-ring (bicyclic) bond motifs is 1. The molecule has 0 aliphatic carbocycles. The molecule has 3 amide bonds. The molecule has 0 atom stereocenters. The van der Waals surface area contributed by atoms with Crippen LogP contribution in [0.3, 0.4) is 0 Å². The number of carbonyl (C=O) groups excluding carboxylic acids is 2. The number of carbonyl (C=O) groups is 2. The van der Waals surface area contributed by atoms with Crippen molar-refractivity contribution >= 4 is 52.4 Å². The molecule has 0 unspecified atom stereocenters. The first-order valence-corrected chi connectivity index (χ1v) is 11.4. The Morgan fingerprint density at radius 3 is 2.58 bits per heavy atom. The van der Waals surface area contributed by atoms with E-state index in [2.05, 4.69) is 22.0 Å². The van der Waals surface area contributed by atoms with E-state index >= 15 is 0 Å². The van der Waals surface area contributed by atoms with E-state index in [-0.39, 0.29) is 38.8 Å². The molecular weight excluding hydrogens is 503 g/mol.